The lowest BCUT2D eigenvalue weighted by Crippen LogP contribution is -2.39. The van der Waals surface area contributed by atoms with Crippen LogP contribution in [0.5, 0.6) is 0 Å². The number of aryl methyl sites for hydroxylation is 1. The maximum absolute atomic E-state index is 13.1. The lowest BCUT2D eigenvalue weighted by Gasteiger charge is -2.24. The lowest BCUT2D eigenvalue weighted by atomic mass is 10.0. The van der Waals surface area contributed by atoms with E-state index in [0.29, 0.717) is 19.5 Å². The Kier molecular flexibility index (Phi) is 6.19. The molecule has 1 amide bonds. The van der Waals surface area contributed by atoms with Crippen molar-refractivity contribution in [2.24, 2.45) is 5.16 Å². The van der Waals surface area contributed by atoms with Crippen LogP contribution in [-0.2, 0) is 20.9 Å². The minimum absolute atomic E-state index is 0.0143. The molecule has 0 bridgehead atoms. The van der Waals surface area contributed by atoms with Crippen molar-refractivity contribution in [2.75, 3.05) is 20.3 Å². The molecule has 0 saturated carbocycles. The summed E-state index contributed by atoms with van der Waals surface area (Å²) in [5, 5.41) is 4.19. The summed E-state index contributed by atoms with van der Waals surface area (Å²) >= 11 is 0. The Balaban J connectivity index is 1.64. The molecule has 142 valence electrons. The molecule has 27 heavy (non-hydrogen) atoms. The lowest BCUT2D eigenvalue weighted by molar-refractivity contribution is -0.137. The van der Waals surface area contributed by atoms with Crippen LogP contribution in [0.2, 0.25) is 0 Å². The van der Waals surface area contributed by atoms with Crippen LogP contribution in [0, 0.1) is 12.7 Å². The molecule has 0 fully saturated rings. The van der Waals surface area contributed by atoms with Crippen molar-refractivity contribution in [1.82, 2.24) is 4.90 Å². The maximum atomic E-state index is 13.1. The standard InChI is InChI=1S/C21H23FN2O3/c1-15-3-7-17(8-4-15)20-11-19(27-23-20)13-24(21(25)14-26-2)12-16-5-9-18(22)10-6-16/h3-10,19H,11-14H2,1-2H3/t19-/m0/s1. The van der Waals surface area contributed by atoms with Gasteiger partial charge in [-0.1, -0.05) is 47.1 Å². The summed E-state index contributed by atoms with van der Waals surface area (Å²) < 4.78 is 18.1. The number of hydrogen-bond acceptors (Lipinski definition) is 4. The van der Waals surface area contributed by atoms with Gasteiger partial charge in [-0.15, -0.1) is 0 Å². The van der Waals surface area contributed by atoms with E-state index in [2.05, 4.69) is 5.16 Å². The van der Waals surface area contributed by atoms with E-state index in [0.717, 1.165) is 16.8 Å². The third-order valence-corrected chi connectivity index (χ3v) is 4.45. The average Bonchev–Trinajstić information content (AvgIpc) is 3.12. The molecule has 1 aliphatic rings. The quantitative estimate of drug-likeness (QED) is 0.751. The van der Waals surface area contributed by atoms with Gasteiger partial charge in [-0.25, -0.2) is 4.39 Å². The van der Waals surface area contributed by atoms with E-state index in [9.17, 15) is 9.18 Å². The van der Waals surface area contributed by atoms with E-state index in [1.807, 2.05) is 31.2 Å². The predicted octanol–water partition coefficient (Wildman–Crippen LogP) is 3.30. The highest BCUT2D eigenvalue weighted by Gasteiger charge is 2.26. The summed E-state index contributed by atoms with van der Waals surface area (Å²) in [5.74, 6) is -0.446. The van der Waals surface area contributed by atoms with Crippen molar-refractivity contribution in [3.63, 3.8) is 0 Å². The van der Waals surface area contributed by atoms with Crippen LogP contribution in [0.3, 0.4) is 0 Å². The summed E-state index contributed by atoms with van der Waals surface area (Å²) in [5.41, 5.74) is 3.93. The Morgan fingerprint density at radius 1 is 1.22 bits per heavy atom. The number of oxime groups is 1. The van der Waals surface area contributed by atoms with Crippen LogP contribution in [0.4, 0.5) is 4.39 Å². The SMILES string of the molecule is COCC(=O)N(Cc1ccc(F)cc1)C[C@@H]1CC(c2ccc(C)cc2)=NO1. The van der Waals surface area contributed by atoms with Gasteiger partial charge in [0.15, 0.2) is 6.10 Å². The normalized spacial score (nSPS) is 16.0. The Morgan fingerprint density at radius 2 is 1.93 bits per heavy atom. The first-order valence-corrected chi connectivity index (χ1v) is 8.86. The molecule has 2 aromatic rings. The van der Waals surface area contributed by atoms with Crippen LogP contribution in [-0.4, -0.2) is 42.9 Å². The fraction of sp³-hybridized carbons (Fsp3) is 0.333. The van der Waals surface area contributed by atoms with E-state index in [4.69, 9.17) is 9.57 Å². The highest BCUT2D eigenvalue weighted by atomic mass is 19.1. The van der Waals surface area contributed by atoms with Crippen molar-refractivity contribution in [3.8, 4) is 0 Å². The van der Waals surface area contributed by atoms with Gasteiger partial charge in [-0.3, -0.25) is 4.79 Å². The highest BCUT2D eigenvalue weighted by molar-refractivity contribution is 6.01. The largest absolute Gasteiger partial charge is 0.390 e. The van der Waals surface area contributed by atoms with Crippen LogP contribution in [0.15, 0.2) is 53.7 Å². The first kappa shape index (κ1) is 19.0. The van der Waals surface area contributed by atoms with Crippen LogP contribution >= 0.6 is 0 Å². The molecule has 5 nitrogen and oxygen atoms in total. The first-order valence-electron chi connectivity index (χ1n) is 8.86. The van der Waals surface area contributed by atoms with Crippen LogP contribution in [0.25, 0.3) is 0 Å². The molecule has 2 aromatic carbocycles. The number of carbonyl (C=O) groups excluding carboxylic acids is 1. The van der Waals surface area contributed by atoms with Crippen LogP contribution < -0.4 is 0 Å². The van der Waals surface area contributed by atoms with Crippen molar-refractivity contribution in [3.05, 3.63) is 71.0 Å². The van der Waals surface area contributed by atoms with E-state index in [-0.39, 0.29) is 24.4 Å². The molecule has 0 radical (unpaired) electrons. The zero-order chi connectivity index (χ0) is 19.2. The van der Waals surface area contributed by atoms with Crippen molar-refractivity contribution >= 4 is 11.6 Å². The molecule has 0 unspecified atom stereocenters. The molecule has 3 rings (SSSR count). The van der Waals surface area contributed by atoms with Gasteiger partial charge in [0.05, 0.1) is 12.3 Å². The summed E-state index contributed by atoms with van der Waals surface area (Å²) in [6.07, 6.45) is 0.408. The Labute approximate surface area is 158 Å². The zero-order valence-corrected chi connectivity index (χ0v) is 15.5. The van der Waals surface area contributed by atoms with Crippen molar-refractivity contribution in [1.29, 1.82) is 0 Å². The molecule has 6 heteroatoms. The van der Waals surface area contributed by atoms with Gasteiger partial charge in [-0.05, 0) is 30.2 Å². The number of methoxy groups -OCH3 is 1. The van der Waals surface area contributed by atoms with Crippen LogP contribution in [0.1, 0.15) is 23.1 Å². The molecule has 1 atom stereocenters. The monoisotopic (exact) mass is 370 g/mol. The van der Waals surface area contributed by atoms with E-state index >= 15 is 0 Å². The molecule has 0 spiro atoms. The number of halogens is 1. The first-order chi connectivity index (χ1) is 13.0. The van der Waals surface area contributed by atoms with Gasteiger partial charge < -0.3 is 14.5 Å². The molecule has 0 aromatic heterocycles. The fourth-order valence-electron chi connectivity index (χ4n) is 2.97. The topological polar surface area (TPSA) is 51.1 Å². The van der Waals surface area contributed by atoms with Gasteiger partial charge in [0, 0.05) is 20.1 Å². The number of nitrogens with zero attached hydrogens (tertiary/aromatic N) is 2. The van der Waals surface area contributed by atoms with Gasteiger partial charge in [0.2, 0.25) is 5.91 Å². The van der Waals surface area contributed by atoms with Crippen molar-refractivity contribution < 1.29 is 18.8 Å². The molecular formula is C21H23FN2O3. The Morgan fingerprint density at radius 3 is 2.59 bits per heavy atom. The highest BCUT2D eigenvalue weighted by Crippen LogP contribution is 2.19. The molecular weight excluding hydrogens is 347 g/mol. The summed E-state index contributed by atoms with van der Waals surface area (Å²) in [7, 11) is 1.48. The number of amides is 1. The molecule has 1 aliphatic heterocycles. The second kappa shape index (κ2) is 8.77. The number of carbonyl (C=O) groups is 1. The maximum Gasteiger partial charge on any atom is 0.248 e. The minimum Gasteiger partial charge on any atom is -0.390 e. The third-order valence-electron chi connectivity index (χ3n) is 4.45. The van der Waals surface area contributed by atoms with Gasteiger partial charge in [-0.2, -0.15) is 0 Å². The Bertz CT molecular complexity index is 803. The molecule has 0 saturated heterocycles. The number of rotatable bonds is 7. The Hall–Kier alpha value is -2.73. The number of hydrogen-bond donors (Lipinski definition) is 0. The average molecular weight is 370 g/mol. The molecule has 0 aliphatic carbocycles. The fourth-order valence-corrected chi connectivity index (χ4v) is 2.97. The van der Waals surface area contributed by atoms with E-state index in [1.54, 1.807) is 17.0 Å². The smallest absolute Gasteiger partial charge is 0.248 e. The number of ether oxygens (including phenoxy) is 1. The zero-order valence-electron chi connectivity index (χ0n) is 15.5. The second-order valence-electron chi connectivity index (χ2n) is 6.67. The van der Waals surface area contributed by atoms with E-state index in [1.165, 1.54) is 24.8 Å². The van der Waals surface area contributed by atoms with Gasteiger partial charge >= 0.3 is 0 Å². The molecule has 1 heterocycles. The van der Waals surface area contributed by atoms with Gasteiger partial charge in [0.25, 0.3) is 0 Å². The summed E-state index contributed by atoms with van der Waals surface area (Å²) in [6, 6.07) is 14.2. The summed E-state index contributed by atoms with van der Waals surface area (Å²) in [6.45, 7) is 2.77. The second-order valence-corrected chi connectivity index (χ2v) is 6.67. The summed E-state index contributed by atoms with van der Waals surface area (Å²) in [4.78, 5) is 19.6. The molecule has 0 N–H and O–H groups in total. The minimum atomic E-state index is -0.302. The number of benzene rings is 2. The van der Waals surface area contributed by atoms with Gasteiger partial charge in [0.1, 0.15) is 12.4 Å². The third kappa shape index (κ3) is 5.14. The van der Waals surface area contributed by atoms with E-state index < -0.39 is 0 Å². The predicted molar refractivity (Wildman–Crippen MR) is 101 cm³/mol. The van der Waals surface area contributed by atoms with Crippen molar-refractivity contribution in [2.45, 2.75) is 26.0 Å².